The molecule has 3 nitrogen and oxygen atoms in total. The standard InChI is InChI=1S/C4H4I2O3S/c5-2-1-10-4(8-2)3(7)9-6/h2,4H,1H2/t2?,4-/m1/s1. The van der Waals surface area contributed by atoms with Crippen LogP contribution in [0.25, 0.3) is 0 Å². The molecule has 6 heteroatoms. The van der Waals surface area contributed by atoms with Gasteiger partial charge in [-0.2, -0.15) is 0 Å². The van der Waals surface area contributed by atoms with E-state index in [1.54, 1.807) is 23.0 Å². The maximum Gasteiger partial charge on any atom is 0.355 e. The molecule has 2 atom stereocenters. The van der Waals surface area contributed by atoms with Crippen molar-refractivity contribution in [2.24, 2.45) is 0 Å². The molecule has 0 aromatic carbocycles. The summed E-state index contributed by atoms with van der Waals surface area (Å²) in [6.07, 6.45) is 0. The smallest absolute Gasteiger partial charge is 0.355 e. The van der Waals surface area contributed by atoms with Gasteiger partial charge >= 0.3 is 5.97 Å². The van der Waals surface area contributed by atoms with Gasteiger partial charge in [-0.1, -0.05) is 22.6 Å². The first-order chi connectivity index (χ1) is 4.74. The van der Waals surface area contributed by atoms with E-state index in [-0.39, 0.29) is 10.1 Å². The zero-order chi connectivity index (χ0) is 7.56. The minimum atomic E-state index is -0.404. The van der Waals surface area contributed by atoms with Crippen molar-refractivity contribution in [1.82, 2.24) is 0 Å². The van der Waals surface area contributed by atoms with E-state index >= 15 is 0 Å². The second kappa shape index (κ2) is 4.31. The average molecular weight is 386 g/mol. The Kier molecular flexibility index (Phi) is 4.02. The predicted molar refractivity (Wildman–Crippen MR) is 55.3 cm³/mol. The molecule has 1 aliphatic heterocycles. The number of halogens is 2. The number of thioether (sulfide) groups is 1. The summed E-state index contributed by atoms with van der Waals surface area (Å²) in [5, 5.41) is 0. The van der Waals surface area contributed by atoms with Crippen LogP contribution < -0.4 is 0 Å². The van der Waals surface area contributed by atoms with E-state index < -0.39 is 5.44 Å². The Morgan fingerprint density at radius 3 is 2.90 bits per heavy atom. The van der Waals surface area contributed by atoms with E-state index in [0.29, 0.717) is 0 Å². The van der Waals surface area contributed by atoms with Gasteiger partial charge in [-0.15, -0.1) is 11.8 Å². The van der Waals surface area contributed by atoms with Gasteiger partial charge in [-0.05, 0) is 0 Å². The number of carbonyl (C=O) groups excluding carboxylic acids is 1. The van der Waals surface area contributed by atoms with Gasteiger partial charge in [-0.3, -0.25) is 0 Å². The van der Waals surface area contributed by atoms with Crippen molar-refractivity contribution in [2.75, 3.05) is 5.75 Å². The van der Waals surface area contributed by atoms with E-state index in [2.05, 4.69) is 25.7 Å². The van der Waals surface area contributed by atoms with E-state index in [1.807, 2.05) is 0 Å². The van der Waals surface area contributed by atoms with Crippen LogP contribution in [0.5, 0.6) is 0 Å². The van der Waals surface area contributed by atoms with Crippen molar-refractivity contribution < 1.29 is 12.6 Å². The third-order valence-corrected chi connectivity index (χ3v) is 3.79. The Labute approximate surface area is 90.4 Å². The van der Waals surface area contributed by atoms with Crippen LogP contribution in [0.1, 0.15) is 0 Å². The van der Waals surface area contributed by atoms with Gasteiger partial charge in [0.05, 0.1) is 0 Å². The van der Waals surface area contributed by atoms with E-state index in [0.717, 1.165) is 5.75 Å². The lowest BCUT2D eigenvalue weighted by molar-refractivity contribution is -0.137. The van der Waals surface area contributed by atoms with Crippen molar-refractivity contribution in [3.05, 3.63) is 0 Å². The largest absolute Gasteiger partial charge is 0.392 e. The molecule has 0 aromatic rings. The number of hydrogen-bond acceptors (Lipinski definition) is 4. The minimum absolute atomic E-state index is 0.142. The summed E-state index contributed by atoms with van der Waals surface area (Å²) in [6.45, 7) is 0. The van der Waals surface area contributed by atoms with Gasteiger partial charge in [0.25, 0.3) is 0 Å². The second-order valence-electron chi connectivity index (χ2n) is 1.61. The van der Waals surface area contributed by atoms with Crippen molar-refractivity contribution in [1.29, 1.82) is 0 Å². The molecule has 0 aliphatic carbocycles. The van der Waals surface area contributed by atoms with Crippen LogP contribution in [0.2, 0.25) is 0 Å². The molecule has 1 heterocycles. The van der Waals surface area contributed by atoms with Crippen molar-refractivity contribution in [3.8, 4) is 0 Å². The molecule has 1 unspecified atom stereocenters. The summed E-state index contributed by atoms with van der Waals surface area (Å²) in [7, 11) is 0. The molecule has 0 saturated carbocycles. The fraction of sp³-hybridized carbons (Fsp3) is 0.750. The molecule has 1 saturated heterocycles. The van der Waals surface area contributed by atoms with Crippen LogP contribution in [0.4, 0.5) is 0 Å². The number of rotatable bonds is 1. The maximum atomic E-state index is 10.8. The Morgan fingerprint density at radius 1 is 1.80 bits per heavy atom. The molecule has 1 fully saturated rings. The highest BCUT2D eigenvalue weighted by Crippen LogP contribution is 2.29. The van der Waals surface area contributed by atoms with Crippen LogP contribution in [-0.4, -0.2) is 21.3 Å². The zero-order valence-electron chi connectivity index (χ0n) is 4.75. The third kappa shape index (κ3) is 2.38. The van der Waals surface area contributed by atoms with E-state index in [4.69, 9.17) is 4.74 Å². The first-order valence-electron chi connectivity index (χ1n) is 2.47. The van der Waals surface area contributed by atoms with Crippen LogP contribution >= 0.6 is 57.4 Å². The molecule has 0 amide bonds. The van der Waals surface area contributed by atoms with Gasteiger partial charge < -0.3 is 7.80 Å². The average Bonchev–Trinajstić information content (AvgIpc) is 2.34. The van der Waals surface area contributed by atoms with Gasteiger partial charge in [0.15, 0.2) is 23.0 Å². The van der Waals surface area contributed by atoms with Crippen LogP contribution in [-0.2, 0) is 12.6 Å². The van der Waals surface area contributed by atoms with Crippen molar-refractivity contribution in [3.63, 3.8) is 0 Å². The summed E-state index contributed by atoms with van der Waals surface area (Å²) >= 11 is 5.18. The molecule has 0 spiro atoms. The van der Waals surface area contributed by atoms with Crippen LogP contribution in [0.3, 0.4) is 0 Å². The Morgan fingerprint density at radius 2 is 2.50 bits per heavy atom. The third-order valence-electron chi connectivity index (χ3n) is 0.918. The number of carbonyl (C=O) groups is 1. The maximum absolute atomic E-state index is 10.8. The van der Waals surface area contributed by atoms with Gasteiger partial charge in [0.2, 0.25) is 5.44 Å². The zero-order valence-corrected chi connectivity index (χ0v) is 9.88. The molecular formula is C4H4I2O3S. The first-order valence-corrected chi connectivity index (χ1v) is 5.65. The van der Waals surface area contributed by atoms with Crippen LogP contribution in [0.15, 0.2) is 0 Å². The summed E-state index contributed by atoms with van der Waals surface area (Å²) < 4.78 is 9.79. The molecule has 58 valence electrons. The van der Waals surface area contributed by atoms with Gasteiger partial charge in [0.1, 0.15) is 4.11 Å². The fourth-order valence-corrected chi connectivity index (χ4v) is 2.86. The molecule has 1 rings (SSSR count). The van der Waals surface area contributed by atoms with Gasteiger partial charge in [-0.25, -0.2) is 4.79 Å². The monoisotopic (exact) mass is 386 g/mol. The van der Waals surface area contributed by atoms with Gasteiger partial charge in [0, 0.05) is 5.75 Å². The van der Waals surface area contributed by atoms with Crippen LogP contribution in [0, 0.1) is 0 Å². The molecule has 0 N–H and O–H groups in total. The molecule has 0 aromatic heterocycles. The fourth-order valence-electron chi connectivity index (χ4n) is 0.536. The molecular weight excluding hydrogens is 382 g/mol. The molecule has 0 bridgehead atoms. The normalized spacial score (nSPS) is 32.2. The minimum Gasteiger partial charge on any atom is -0.392 e. The summed E-state index contributed by atoms with van der Waals surface area (Å²) in [5.41, 5.74) is -0.404. The highest BCUT2D eigenvalue weighted by atomic mass is 127. The van der Waals surface area contributed by atoms with Crippen molar-refractivity contribution >= 4 is 63.3 Å². The highest BCUT2D eigenvalue weighted by molar-refractivity contribution is 14.1. The Hall–Kier alpha value is 1.24. The number of hydrogen-bond donors (Lipinski definition) is 0. The Balaban J connectivity index is 2.37. The molecule has 0 radical (unpaired) electrons. The number of alkyl halides is 1. The van der Waals surface area contributed by atoms with E-state index in [1.165, 1.54) is 11.8 Å². The second-order valence-corrected chi connectivity index (χ2v) is 4.53. The lowest BCUT2D eigenvalue weighted by Crippen LogP contribution is -2.17. The quantitative estimate of drug-likeness (QED) is 0.508. The first kappa shape index (κ1) is 9.33. The summed E-state index contributed by atoms with van der Waals surface area (Å²) in [6, 6.07) is 0. The molecule has 10 heavy (non-hydrogen) atoms. The predicted octanol–water partition coefficient (Wildman–Crippen LogP) is 1.73. The SMILES string of the molecule is O=C(OI)[C@@H]1OC(I)CS1. The lowest BCUT2D eigenvalue weighted by atomic mass is 10.7. The summed E-state index contributed by atoms with van der Waals surface area (Å²) in [4.78, 5) is 10.8. The lowest BCUT2D eigenvalue weighted by Gasteiger charge is -2.03. The highest BCUT2D eigenvalue weighted by Gasteiger charge is 2.30. The Bertz CT molecular complexity index is 142. The molecule has 1 aliphatic rings. The van der Waals surface area contributed by atoms with Crippen molar-refractivity contribution in [2.45, 2.75) is 9.55 Å². The number of ether oxygens (including phenoxy) is 1. The summed E-state index contributed by atoms with van der Waals surface area (Å²) in [5.74, 6) is 0.557. The van der Waals surface area contributed by atoms with E-state index in [9.17, 15) is 4.79 Å². The topological polar surface area (TPSA) is 35.5 Å².